The van der Waals surface area contributed by atoms with Gasteiger partial charge in [0.25, 0.3) is 0 Å². The molecule has 1 aromatic rings. The number of ether oxygens (including phenoxy) is 2. The molecule has 0 aliphatic heterocycles. The number of hydrogen-bond acceptors (Lipinski definition) is 3. The molecule has 162 valence electrons. The van der Waals surface area contributed by atoms with Crippen molar-refractivity contribution in [3.63, 3.8) is 0 Å². The van der Waals surface area contributed by atoms with Crippen LogP contribution in [-0.4, -0.2) is 20.0 Å². The van der Waals surface area contributed by atoms with Gasteiger partial charge in [-0.15, -0.1) is 0 Å². The number of methoxy groups -OCH3 is 2. The molecule has 3 heteroatoms. The van der Waals surface area contributed by atoms with Crippen molar-refractivity contribution in [1.29, 1.82) is 0 Å². The van der Waals surface area contributed by atoms with E-state index in [-0.39, 0.29) is 22.7 Å². The Labute approximate surface area is 177 Å². The fraction of sp³-hybridized carbons (Fsp3) is 0.731. The molecular formula is C26H40O3. The van der Waals surface area contributed by atoms with Crippen molar-refractivity contribution in [2.45, 2.75) is 90.9 Å². The molecule has 2 unspecified atom stereocenters. The van der Waals surface area contributed by atoms with E-state index in [1.807, 2.05) is 0 Å². The molecule has 29 heavy (non-hydrogen) atoms. The number of ketones is 1. The van der Waals surface area contributed by atoms with Gasteiger partial charge >= 0.3 is 0 Å². The Hall–Kier alpha value is -1.51. The Morgan fingerprint density at radius 1 is 1.07 bits per heavy atom. The average Bonchev–Trinajstić information content (AvgIpc) is 2.69. The third-order valence-electron chi connectivity index (χ3n) is 7.99. The molecule has 4 rings (SSSR count). The number of carbonyl (C=O) groups excluding carboxylic acids is 1. The molecule has 3 atom stereocenters. The Bertz CT molecular complexity index is 721. The van der Waals surface area contributed by atoms with Gasteiger partial charge in [-0.3, -0.25) is 4.79 Å². The summed E-state index contributed by atoms with van der Waals surface area (Å²) in [7, 11) is 3.49. The molecule has 3 fully saturated rings. The summed E-state index contributed by atoms with van der Waals surface area (Å²) in [5.74, 6) is 3.13. The number of benzene rings is 1. The SMILES string of the molecule is CCCCCCC(C)(C)c1cc(OC)c([C@H]2CC(=O)C3CC2C3(C)C)c(OC)c1. The monoisotopic (exact) mass is 400 g/mol. The third-order valence-corrected chi connectivity index (χ3v) is 7.99. The number of Topliss-reactive ketones (excluding diaryl/α,β-unsaturated/α-hetero) is 1. The summed E-state index contributed by atoms with van der Waals surface area (Å²) in [5, 5.41) is 0. The van der Waals surface area contributed by atoms with Crippen LogP contribution in [0, 0.1) is 17.3 Å². The van der Waals surface area contributed by atoms with E-state index < -0.39 is 0 Å². The zero-order valence-corrected chi connectivity index (χ0v) is 19.6. The lowest BCUT2D eigenvalue weighted by Gasteiger charge is -2.59. The first-order valence-corrected chi connectivity index (χ1v) is 11.5. The van der Waals surface area contributed by atoms with Crippen LogP contribution in [0.2, 0.25) is 0 Å². The summed E-state index contributed by atoms with van der Waals surface area (Å²) in [6.07, 6.45) is 7.86. The standard InChI is InChI=1S/C26H40O3/c1-8-9-10-11-12-25(2,3)17-13-22(28-6)24(23(14-17)29-7)18-15-21(27)20-16-19(18)26(20,4)5/h13-14,18-20H,8-12,15-16H2,1-7H3/t18-,19?,20?/m0/s1. The largest absolute Gasteiger partial charge is 0.496 e. The Balaban J connectivity index is 1.94. The highest BCUT2D eigenvalue weighted by Crippen LogP contribution is 2.64. The van der Waals surface area contributed by atoms with Crippen LogP contribution < -0.4 is 9.47 Å². The van der Waals surface area contributed by atoms with Crippen LogP contribution in [0.25, 0.3) is 0 Å². The Kier molecular flexibility index (Phi) is 6.36. The van der Waals surface area contributed by atoms with Crippen molar-refractivity contribution in [1.82, 2.24) is 0 Å². The van der Waals surface area contributed by atoms with Gasteiger partial charge in [0.05, 0.1) is 14.2 Å². The van der Waals surface area contributed by atoms with Crippen LogP contribution in [0.1, 0.15) is 96.6 Å². The number of carbonyl (C=O) groups is 1. The van der Waals surface area contributed by atoms with Gasteiger partial charge < -0.3 is 9.47 Å². The van der Waals surface area contributed by atoms with Crippen LogP contribution in [0.15, 0.2) is 12.1 Å². The minimum Gasteiger partial charge on any atom is -0.496 e. The van der Waals surface area contributed by atoms with Crippen molar-refractivity contribution in [2.24, 2.45) is 17.3 Å². The van der Waals surface area contributed by atoms with Gasteiger partial charge in [-0.05, 0) is 47.3 Å². The van der Waals surface area contributed by atoms with E-state index in [0.29, 0.717) is 18.1 Å². The molecule has 0 amide bonds. The van der Waals surface area contributed by atoms with E-state index >= 15 is 0 Å². The summed E-state index contributed by atoms with van der Waals surface area (Å²) in [6, 6.07) is 4.42. The molecule has 2 bridgehead atoms. The second-order valence-corrected chi connectivity index (χ2v) is 10.5. The molecule has 3 aliphatic rings. The second kappa shape index (κ2) is 8.32. The first kappa shape index (κ1) is 22.2. The zero-order valence-electron chi connectivity index (χ0n) is 19.6. The van der Waals surface area contributed by atoms with Gasteiger partial charge in [-0.25, -0.2) is 0 Å². The molecule has 0 aromatic heterocycles. The summed E-state index contributed by atoms with van der Waals surface area (Å²) in [6.45, 7) is 11.4. The highest BCUT2D eigenvalue weighted by atomic mass is 16.5. The van der Waals surface area contributed by atoms with Gasteiger partial charge in [0, 0.05) is 23.8 Å². The molecule has 3 aliphatic carbocycles. The van der Waals surface area contributed by atoms with E-state index in [0.717, 1.165) is 29.9 Å². The third kappa shape index (κ3) is 3.94. The van der Waals surface area contributed by atoms with E-state index in [9.17, 15) is 4.79 Å². The highest BCUT2D eigenvalue weighted by Gasteiger charge is 2.59. The molecule has 1 aromatic carbocycles. The first-order valence-electron chi connectivity index (χ1n) is 11.5. The van der Waals surface area contributed by atoms with Crippen LogP contribution in [-0.2, 0) is 10.2 Å². The lowest BCUT2D eigenvalue weighted by atomic mass is 9.44. The van der Waals surface area contributed by atoms with E-state index in [1.54, 1.807) is 14.2 Å². The quantitative estimate of drug-likeness (QED) is 0.434. The van der Waals surface area contributed by atoms with Gasteiger partial charge in [0.15, 0.2) is 0 Å². The van der Waals surface area contributed by atoms with Crippen molar-refractivity contribution in [3.8, 4) is 11.5 Å². The van der Waals surface area contributed by atoms with Crippen molar-refractivity contribution in [2.75, 3.05) is 14.2 Å². The highest BCUT2D eigenvalue weighted by molar-refractivity contribution is 5.86. The predicted octanol–water partition coefficient (Wildman–Crippen LogP) is 6.67. The lowest BCUT2D eigenvalue weighted by molar-refractivity contribution is -0.151. The Morgan fingerprint density at radius 2 is 1.69 bits per heavy atom. The summed E-state index contributed by atoms with van der Waals surface area (Å²) < 4.78 is 11.8. The van der Waals surface area contributed by atoms with Gasteiger partial charge in [0.1, 0.15) is 17.3 Å². The van der Waals surface area contributed by atoms with Gasteiger partial charge in [0.2, 0.25) is 0 Å². The summed E-state index contributed by atoms with van der Waals surface area (Å²) in [4.78, 5) is 12.7. The van der Waals surface area contributed by atoms with E-state index in [2.05, 4.69) is 46.8 Å². The average molecular weight is 401 g/mol. The van der Waals surface area contributed by atoms with Gasteiger partial charge in [-0.2, -0.15) is 0 Å². The fourth-order valence-electron chi connectivity index (χ4n) is 5.83. The first-order chi connectivity index (χ1) is 13.7. The minimum atomic E-state index is 0.0655. The summed E-state index contributed by atoms with van der Waals surface area (Å²) in [5.41, 5.74) is 2.51. The van der Waals surface area contributed by atoms with Crippen molar-refractivity contribution >= 4 is 5.78 Å². The number of unbranched alkanes of at least 4 members (excludes halogenated alkanes) is 3. The lowest BCUT2D eigenvalue weighted by Crippen LogP contribution is -2.56. The van der Waals surface area contributed by atoms with Crippen molar-refractivity contribution < 1.29 is 14.3 Å². The zero-order chi connectivity index (χ0) is 21.4. The molecular weight excluding hydrogens is 360 g/mol. The van der Waals surface area contributed by atoms with Crippen LogP contribution in [0.3, 0.4) is 0 Å². The molecule has 0 spiro atoms. The molecule has 0 radical (unpaired) electrons. The van der Waals surface area contributed by atoms with Crippen LogP contribution in [0.5, 0.6) is 11.5 Å². The second-order valence-electron chi connectivity index (χ2n) is 10.5. The molecule has 0 saturated heterocycles. The molecule has 3 saturated carbocycles. The van der Waals surface area contributed by atoms with Crippen LogP contribution >= 0.6 is 0 Å². The smallest absolute Gasteiger partial charge is 0.137 e. The topological polar surface area (TPSA) is 35.5 Å². The maximum absolute atomic E-state index is 12.7. The van der Waals surface area contributed by atoms with Crippen LogP contribution in [0.4, 0.5) is 0 Å². The number of rotatable bonds is 9. The normalized spacial score (nSPS) is 25.5. The predicted molar refractivity (Wildman–Crippen MR) is 119 cm³/mol. The van der Waals surface area contributed by atoms with Crippen molar-refractivity contribution in [3.05, 3.63) is 23.3 Å². The van der Waals surface area contributed by atoms with Gasteiger partial charge in [-0.1, -0.05) is 60.3 Å². The number of fused-ring (bicyclic) bond motifs is 2. The molecule has 3 nitrogen and oxygen atoms in total. The minimum absolute atomic E-state index is 0.0655. The number of hydrogen-bond donors (Lipinski definition) is 0. The summed E-state index contributed by atoms with van der Waals surface area (Å²) >= 11 is 0. The fourth-order valence-corrected chi connectivity index (χ4v) is 5.83. The molecule has 0 N–H and O–H groups in total. The Morgan fingerprint density at radius 3 is 2.17 bits per heavy atom. The molecule has 0 heterocycles. The van der Waals surface area contributed by atoms with E-state index in [4.69, 9.17) is 9.47 Å². The maximum atomic E-state index is 12.7. The maximum Gasteiger partial charge on any atom is 0.137 e. The van der Waals surface area contributed by atoms with E-state index in [1.165, 1.54) is 31.2 Å².